The number of hydrogen-bond donors (Lipinski definition) is 1. The topological polar surface area (TPSA) is 42.7 Å². The number of aromatic nitrogens is 3. The van der Waals surface area contributed by atoms with E-state index >= 15 is 0 Å². The molecule has 0 saturated carbocycles. The van der Waals surface area contributed by atoms with Gasteiger partial charge in [-0.2, -0.15) is 0 Å². The van der Waals surface area contributed by atoms with Crippen LogP contribution in [0.5, 0.6) is 0 Å². The van der Waals surface area contributed by atoms with Crippen molar-refractivity contribution in [2.24, 2.45) is 0 Å². The summed E-state index contributed by atoms with van der Waals surface area (Å²) in [6.07, 6.45) is 1.75. The lowest BCUT2D eigenvalue weighted by Crippen LogP contribution is -2.16. The molecule has 0 aliphatic carbocycles. The fourth-order valence-corrected chi connectivity index (χ4v) is 3.04. The Labute approximate surface area is 146 Å². The molecule has 0 saturated heterocycles. The SMILES string of the molecule is CC.CCn1c(C(C)NSc2ccc(F)cc2)nc2ncccc21. The Morgan fingerprint density at radius 2 is 1.92 bits per heavy atom. The van der Waals surface area contributed by atoms with Gasteiger partial charge in [0.2, 0.25) is 0 Å². The molecule has 1 aromatic carbocycles. The van der Waals surface area contributed by atoms with Gasteiger partial charge >= 0.3 is 0 Å². The lowest BCUT2D eigenvalue weighted by atomic mass is 10.3. The molecule has 24 heavy (non-hydrogen) atoms. The summed E-state index contributed by atoms with van der Waals surface area (Å²) in [6, 6.07) is 10.4. The molecule has 3 rings (SSSR count). The van der Waals surface area contributed by atoms with E-state index in [1.54, 1.807) is 18.3 Å². The fourth-order valence-electron chi connectivity index (χ4n) is 2.35. The summed E-state index contributed by atoms with van der Waals surface area (Å²) < 4.78 is 18.4. The van der Waals surface area contributed by atoms with Gasteiger partial charge in [0.05, 0.1) is 11.6 Å². The molecular weight excluding hydrogens is 323 g/mol. The normalized spacial score (nSPS) is 11.9. The van der Waals surface area contributed by atoms with Crippen molar-refractivity contribution in [3.8, 4) is 0 Å². The van der Waals surface area contributed by atoms with Crippen molar-refractivity contribution in [2.75, 3.05) is 0 Å². The zero-order valence-electron chi connectivity index (χ0n) is 14.5. The molecule has 0 amide bonds. The third-order valence-corrected chi connectivity index (χ3v) is 4.40. The molecular formula is C18H23FN4S. The van der Waals surface area contributed by atoms with Gasteiger partial charge in [-0.25, -0.2) is 19.1 Å². The third kappa shape index (κ3) is 4.13. The summed E-state index contributed by atoms with van der Waals surface area (Å²) in [5.41, 5.74) is 1.81. The number of benzene rings is 1. The van der Waals surface area contributed by atoms with Crippen LogP contribution in [0.3, 0.4) is 0 Å². The van der Waals surface area contributed by atoms with E-state index in [1.165, 1.54) is 24.1 Å². The predicted octanol–water partition coefficient (Wildman–Crippen LogP) is 4.97. The largest absolute Gasteiger partial charge is 0.326 e. The number of fused-ring (bicyclic) bond motifs is 1. The van der Waals surface area contributed by atoms with Crippen molar-refractivity contribution < 1.29 is 4.39 Å². The average Bonchev–Trinajstić information content (AvgIpc) is 3.01. The highest BCUT2D eigenvalue weighted by molar-refractivity contribution is 7.97. The first-order chi connectivity index (χ1) is 11.7. The van der Waals surface area contributed by atoms with Crippen molar-refractivity contribution >= 4 is 23.1 Å². The van der Waals surface area contributed by atoms with E-state index in [0.717, 1.165) is 28.4 Å². The lowest BCUT2D eigenvalue weighted by Gasteiger charge is -2.14. The van der Waals surface area contributed by atoms with Gasteiger partial charge in [-0.3, -0.25) is 0 Å². The van der Waals surface area contributed by atoms with Crippen molar-refractivity contribution in [2.45, 2.75) is 45.2 Å². The highest BCUT2D eigenvalue weighted by atomic mass is 32.2. The highest BCUT2D eigenvalue weighted by Gasteiger charge is 2.16. The molecule has 3 aromatic rings. The van der Waals surface area contributed by atoms with Gasteiger partial charge in [0, 0.05) is 17.6 Å². The van der Waals surface area contributed by atoms with Crippen LogP contribution in [-0.2, 0) is 6.54 Å². The Bertz CT molecular complexity index is 770. The van der Waals surface area contributed by atoms with Crippen LogP contribution < -0.4 is 4.72 Å². The fraction of sp³-hybridized carbons (Fsp3) is 0.333. The highest BCUT2D eigenvalue weighted by Crippen LogP contribution is 2.23. The summed E-state index contributed by atoms with van der Waals surface area (Å²) in [5, 5.41) is 0. The Morgan fingerprint density at radius 3 is 2.58 bits per heavy atom. The summed E-state index contributed by atoms with van der Waals surface area (Å²) >= 11 is 1.47. The maximum Gasteiger partial charge on any atom is 0.177 e. The van der Waals surface area contributed by atoms with Gasteiger partial charge in [0.25, 0.3) is 0 Å². The smallest absolute Gasteiger partial charge is 0.177 e. The van der Waals surface area contributed by atoms with E-state index in [0.29, 0.717) is 0 Å². The average molecular weight is 346 g/mol. The van der Waals surface area contributed by atoms with E-state index in [9.17, 15) is 4.39 Å². The first-order valence-electron chi connectivity index (χ1n) is 8.18. The maximum atomic E-state index is 12.9. The van der Waals surface area contributed by atoms with Crippen LogP contribution >= 0.6 is 11.9 Å². The molecule has 6 heteroatoms. The van der Waals surface area contributed by atoms with Gasteiger partial charge in [-0.1, -0.05) is 13.8 Å². The van der Waals surface area contributed by atoms with Crippen molar-refractivity contribution in [1.82, 2.24) is 19.3 Å². The number of hydrogen-bond acceptors (Lipinski definition) is 4. The molecule has 2 heterocycles. The van der Waals surface area contributed by atoms with Gasteiger partial charge in [-0.05, 0) is 62.2 Å². The summed E-state index contributed by atoms with van der Waals surface area (Å²) in [7, 11) is 0. The molecule has 1 unspecified atom stereocenters. The first kappa shape index (κ1) is 18.4. The third-order valence-electron chi connectivity index (χ3n) is 3.42. The summed E-state index contributed by atoms with van der Waals surface area (Å²) in [4.78, 5) is 9.90. The van der Waals surface area contributed by atoms with Crippen molar-refractivity contribution in [3.05, 3.63) is 54.2 Å². The van der Waals surface area contributed by atoms with Crippen LogP contribution in [0.4, 0.5) is 4.39 Å². The molecule has 2 aromatic heterocycles. The Hall–Kier alpha value is -1.92. The minimum atomic E-state index is -0.226. The second-order valence-electron chi connectivity index (χ2n) is 4.96. The number of aryl methyl sites for hydroxylation is 1. The van der Waals surface area contributed by atoms with E-state index in [2.05, 4.69) is 33.1 Å². The van der Waals surface area contributed by atoms with E-state index in [4.69, 9.17) is 0 Å². The van der Waals surface area contributed by atoms with E-state index < -0.39 is 0 Å². The molecule has 0 spiro atoms. The second-order valence-corrected chi connectivity index (χ2v) is 5.87. The minimum absolute atomic E-state index is 0.0456. The molecule has 128 valence electrons. The second kappa shape index (κ2) is 8.80. The van der Waals surface area contributed by atoms with Crippen LogP contribution in [0.25, 0.3) is 11.2 Å². The molecule has 0 aliphatic heterocycles. The first-order valence-corrected chi connectivity index (χ1v) is 8.99. The van der Waals surface area contributed by atoms with Crippen molar-refractivity contribution in [1.29, 1.82) is 0 Å². The number of pyridine rings is 1. The Kier molecular flexibility index (Phi) is 6.75. The maximum absolute atomic E-state index is 12.9. The number of halogens is 1. The van der Waals surface area contributed by atoms with Crippen LogP contribution in [-0.4, -0.2) is 14.5 Å². The standard InChI is InChI=1S/C16H17FN4S.C2H6/c1-3-21-14-5-4-10-18-15(14)19-16(21)11(2)20-22-13-8-6-12(17)7-9-13;1-2/h4-11,20H,3H2,1-2H3;1-2H3. The number of imidazole rings is 1. The van der Waals surface area contributed by atoms with E-state index in [1.807, 2.05) is 26.0 Å². The predicted molar refractivity (Wildman–Crippen MR) is 98.4 cm³/mol. The number of nitrogens with one attached hydrogen (secondary N) is 1. The quantitative estimate of drug-likeness (QED) is 0.662. The molecule has 0 bridgehead atoms. The zero-order chi connectivity index (χ0) is 17.5. The Balaban J connectivity index is 0.00000100. The molecule has 1 N–H and O–H groups in total. The number of rotatable bonds is 5. The van der Waals surface area contributed by atoms with Gasteiger partial charge in [-0.15, -0.1) is 0 Å². The van der Waals surface area contributed by atoms with Gasteiger partial charge in [0.1, 0.15) is 11.6 Å². The van der Waals surface area contributed by atoms with Crippen LogP contribution in [0.2, 0.25) is 0 Å². The summed E-state index contributed by atoms with van der Waals surface area (Å²) in [5.74, 6) is 0.724. The molecule has 0 aliphatic rings. The van der Waals surface area contributed by atoms with Crippen LogP contribution in [0.1, 0.15) is 39.6 Å². The molecule has 4 nitrogen and oxygen atoms in total. The summed E-state index contributed by atoms with van der Waals surface area (Å²) in [6.45, 7) is 8.99. The minimum Gasteiger partial charge on any atom is -0.326 e. The molecule has 0 fully saturated rings. The molecule has 1 atom stereocenters. The van der Waals surface area contributed by atoms with Crippen LogP contribution in [0, 0.1) is 5.82 Å². The number of nitrogens with zero attached hydrogens (tertiary/aromatic N) is 3. The molecule has 0 radical (unpaired) electrons. The van der Waals surface area contributed by atoms with Gasteiger partial charge < -0.3 is 4.57 Å². The zero-order valence-corrected chi connectivity index (χ0v) is 15.3. The Morgan fingerprint density at radius 1 is 1.21 bits per heavy atom. The van der Waals surface area contributed by atoms with Crippen LogP contribution in [0.15, 0.2) is 47.5 Å². The van der Waals surface area contributed by atoms with Crippen molar-refractivity contribution in [3.63, 3.8) is 0 Å². The lowest BCUT2D eigenvalue weighted by molar-refractivity contribution is 0.622. The van der Waals surface area contributed by atoms with Gasteiger partial charge in [0.15, 0.2) is 5.65 Å². The monoisotopic (exact) mass is 346 g/mol. The van der Waals surface area contributed by atoms with E-state index in [-0.39, 0.29) is 11.9 Å².